The third kappa shape index (κ3) is 5.95. The van der Waals surface area contributed by atoms with E-state index >= 15 is 0 Å². The fourth-order valence-electron chi connectivity index (χ4n) is 3.73. The van der Waals surface area contributed by atoms with Crippen LogP contribution in [0.2, 0.25) is 5.15 Å². The molecular formula is C28H27ClN4O4S. The summed E-state index contributed by atoms with van der Waals surface area (Å²) < 4.78 is 33.4. The van der Waals surface area contributed by atoms with Gasteiger partial charge in [-0.3, -0.25) is 9.10 Å². The van der Waals surface area contributed by atoms with Crippen LogP contribution in [0.4, 0.5) is 5.69 Å². The number of aromatic nitrogens is 1. The average Bonchev–Trinajstić information content (AvgIpc) is 2.89. The fraction of sp³-hybridized carbons (Fsp3) is 0.179. The number of methoxy groups -OCH3 is 1. The number of ether oxygens (including phenoxy) is 1. The van der Waals surface area contributed by atoms with Gasteiger partial charge in [-0.1, -0.05) is 35.4 Å². The van der Waals surface area contributed by atoms with Crippen molar-refractivity contribution in [2.75, 3.05) is 18.0 Å². The topological polar surface area (TPSA) is 101 Å². The molecule has 38 heavy (non-hydrogen) atoms. The molecule has 1 N–H and O–H groups in total. The predicted molar refractivity (Wildman–Crippen MR) is 151 cm³/mol. The first-order valence-corrected chi connectivity index (χ1v) is 13.5. The van der Waals surface area contributed by atoms with Crippen LogP contribution in [0.15, 0.2) is 76.7 Å². The molecule has 0 unspecified atom stereocenters. The Labute approximate surface area is 227 Å². The van der Waals surface area contributed by atoms with Crippen LogP contribution in [-0.2, 0) is 14.8 Å². The number of nitrogens with zero attached hydrogens (tertiary/aromatic N) is 3. The fourth-order valence-corrected chi connectivity index (χ4v) is 5.34. The molecule has 0 saturated carbocycles. The molecule has 0 aliphatic carbocycles. The normalized spacial score (nSPS) is 11.6. The first-order chi connectivity index (χ1) is 18.1. The Bertz CT molecular complexity index is 1640. The molecule has 0 aliphatic heterocycles. The molecule has 1 heterocycles. The third-order valence-electron chi connectivity index (χ3n) is 6.07. The van der Waals surface area contributed by atoms with Gasteiger partial charge in [0.2, 0.25) is 0 Å². The Balaban J connectivity index is 1.57. The van der Waals surface area contributed by atoms with Gasteiger partial charge in [0.1, 0.15) is 17.4 Å². The maximum atomic E-state index is 13.6. The quantitative estimate of drug-likeness (QED) is 0.185. The summed E-state index contributed by atoms with van der Waals surface area (Å²) in [5, 5.41) is 5.00. The minimum atomic E-state index is -4.03. The lowest BCUT2D eigenvalue weighted by molar-refractivity contribution is -0.119. The van der Waals surface area contributed by atoms with Gasteiger partial charge in [0, 0.05) is 17.0 Å². The van der Waals surface area contributed by atoms with Gasteiger partial charge in [-0.15, -0.1) is 0 Å². The number of aryl methyl sites for hydroxylation is 3. The zero-order chi connectivity index (χ0) is 27.4. The average molecular weight is 551 g/mol. The molecule has 196 valence electrons. The van der Waals surface area contributed by atoms with Crippen LogP contribution in [-0.4, -0.2) is 39.2 Å². The lowest BCUT2D eigenvalue weighted by atomic mass is 10.1. The number of fused-ring (bicyclic) bond motifs is 1. The van der Waals surface area contributed by atoms with Crippen LogP contribution in [0, 0.1) is 20.8 Å². The molecule has 4 rings (SSSR count). The number of hydrogen-bond donors (Lipinski definition) is 1. The summed E-state index contributed by atoms with van der Waals surface area (Å²) in [7, 11) is -2.46. The molecule has 0 atom stereocenters. The lowest BCUT2D eigenvalue weighted by Gasteiger charge is -2.24. The van der Waals surface area contributed by atoms with E-state index in [0.717, 1.165) is 26.4 Å². The van der Waals surface area contributed by atoms with Gasteiger partial charge in [-0.05, 0) is 74.4 Å². The van der Waals surface area contributed by atoms with E-state index in [9.17, 15) is 13.2 Å². The molecule has 1 aromatic heterocycles. The van der Waals surface area contributed by atoms with Crippen LogP contribution in [0.25, 0.3) is 10.9 Å². The van der Waals surface area contributed by atoms with Crippen molar-refractivity contribution in [1.82, 2.24) is 10.4 Å². The zero-order valence-corrected chi connectivity index (χ0v) is 23.0. The van der Waals surface area contributed by atoms with Crippen LogP contribution in [0.1, 0.15) is 22.3 Å². The number of pyridine rings is 1. The third-order valence-corrected chi connectivity index (χ3v) is 8.16. The highest BCUT2D eigenvalue weighted by Gasteiger charge is 2.27. The van der Waals surface area contributed by atoms with E-state index in [1.54, 1.807) is 49.6 Å². The number of anilines is 1. The number of halogens is 1. The van der Waals surface area contributed by atoms with Crippen molar-refractivity contribution in [3.63, 3.8) is 0 Å². The van der Waals surface area contributed by atoms with Gasteiger partial charge in [0.25, 0.3) is 15.9 Å². The second-order valence-corrected chi connectivity index (χ2v) is 11.0. The monoisotopic (exact) mass is 550 g/mol. The van der Waals surface area contributed by atoms with Crippen molar-refractivity contribution < 1.29 is 17.9 Å². The van der Waals surface area contributed by atoms with Gasteiger partial charge in [-0.2, -0.15) is 5.10 Å². The first-order valence-electron chi connectivity index (χ1n) is 11.7. The van der Waals surface area contributed by atoms with Crippen LogP contribution >= 0.6 is 11.6 Å². The number of carbonyl (C=O) groups excluding carboxylic acids is 1. The summed E-state index contributed by atoms with van der Waals surface area (Å²) in [4.78, 5) is 17.3. The maximum Gasteiger partial charge on any atom is 0.264 e. The minimum absolute atomic E-state index is 0.0864. The first kappa shape index (κ1) is 27.1. The van der Waals surface area contributed by atoms with Gasteiger partial charge in [0.15, 0.2) is 0 Å². The van der Waals surface area contributed by atoms with E-state index in [1.807, 2.05) is 32.9 Å². The Morgan fingerprint density at radius 3 is 2.45 bits per heavy atom. The van der Waals surface area contributed by atoms with E-state index in [-0.39, 0.29) is 10.0 Å². The largest absolute Gasteiger partial charge is 0.497 e. The molecule has 1 amide bonds. The van der Waals surface area contributed by atoms with E-state index < -0.39 is 22.5 Å². The molecule has 3 aromatic carbocycles. The summed E-state index contributed by atoms with van der Waals surface area (Å²) in [6, 6.07) is 18.9. The SMILES string of the molecule is COc1ccc2cc(/C=N\NC(=O)CN(c3ccc(C)c(C)c3)S(=O)(=O)c3ccc(C)cc3)c(Cl)nc2c1. The highest BCUT2D eigenvalue weighted by molar-refractivity contribution is 7.92. The highest BCUT2D eigenvalue weighted by Crippen LogP contribution is 2.26. The van der Waals surface area contributed by atoms with E-state index in [4.69, 9.17) is 16.3 Å². The molecule has 0 spiro atoms. The van der Waals surface area contributed by atoms with Crippen molar-refractivity contribution in [3.05, 3.63) is 94.1 Å². The number of hydrazone groups is 1. The second-order valence-electron chi connectivity index (χ2n) is 8.81. The standard InChI is InChI=1S/C28H27ClN4O4S/c1-18-5-11-25(12-6-18)38(35,36)33(23-9-7-19(2)20(3)13-23)17-27(34)32-30-16-22-14-21-8-10-24(37-4)15-26(21)31-28(22)29/h5-16H,17H2,1-4H3,(H,32,34)/b30-16-. The zero-order valence-electron chi connectivity index (χ0n) is 21.4. The van der Waals surface area contributed by atoms with Crippen molar-refractivity contribution in [1.29, 1.82) is 0 Å². The molecule has 8 nitrogen and oxygen atoms in total. The van der Waals surface area contributed by atoms with E-state index in [1.165, 1.54) is 18.3 Å². The lowest BCUT2D eigenvalue weighted by Crippen LogP contribution is -2.39. The second kappa shape index (κ2) is 11.2. The summed E-state index contributed by atoms with van der Waals surface area (Å²) >= 11 is 6.30. The maximum absolute atomic E-state index is 13.6. The summed E-state index contributed by atoms with van der Waals surface area (Å²) in [5.41, 5.74) is 6.76. The van der Waals surface area contributed by atoms with Gasteiger partial charge >= 0.3 is 0 Å². The summed E-state index contributed by atoms with van der Waals surface area (Å²) in [6.07, 6.45) is 1.37. The molecule has 10 heteroatoms. The molecule has 0 aliphatic rings. The summed E-state index contributed by atoms with van der Waals surface area (Å²) in [5.74, 6) is 0.0356. The Morgan fingerprint density at radius 1 is 1.03 bits per heavy atom. The molecule has 0 bridgehead atoms. The molecule has 0 fully saturated rings. The van der Waals surface area contributed by atoms with Gasteiger partial charge in [-0.25, -0.2) is 18.8 Å². The number of hydrogen-bond acceptors (Lipinski definition) is 6. The van der Waals surface area contributed by atoms with Gasteiger partial charge < -0.3 is 4.74 Å². The van der Waals surface area contributed by atoms with E-state index in [2.05, 4.69) is 15.5 Å². The van der Waals surface area contributed by atoms with Crippen molar-refractivity contribution in [2.24, 2.45) is 5.10 Å². The molecule has 0 saturated heterocycles. The Kier molecular flexibility index (Phi) is 7.99. The number of benzene rings is 3. The van der Waals surface area contributed by atoms with Crippen molar-refractivity contribution in [3.8, 4) is 5.75 Å². The predicted octanol–water partition coefficient (Wildman–Crippen LogP) is 5.17. The minimum Gasteiger partial charge on any atom is -0.497 e. The number of carbonyl (C=O) groups is 1. The van der Waals surface area contributed by atoms with Crippen molar-refractivity contribution in [2.45, 2.75) is 25.7 Å². The Morgan fingerprint density at radius 2 is 1.76 bits per heavy atom. The van der Waals surface area contributed by atoms with Gasteiger partial charge in [0.05, 0.1) is 29.4 Å². The van der Waals surface area contributed by atoms with Crippen LogP contribution in [0.3, 0.4) is 0 Å². The molecule has 0 radical (unpaired) electrons. The molecule has 4 aromatic rings. The number of rotatable bonds is 8. The molecular weight excluding hydrogens is 524 g/mol. The number of sulfonamides is 1. The highest BCUT2D eigenvalue weighted by atomic mass is 35.5. The Hall–Kier alpha value is -3.95. The number of amides is 1. The van der Waals surface area contributed by atoms with Crippen molar-refractivity contribution >= 4 is 50.3 Å². The number of nitrogens with one attached hydrogen (secondary N) is 1. The van der Waals surface area contributed by atoms with E-state index in [0.29, 0.717) is 22.5 Å². The van der Waals surface area contributed by atoms with Crippen LogP contribution < -0.4 is 14.5 Å². The smallest absolute Gasteiger partial charge is 0.264 e. The summed E-state index contributed by atoms with van der Waals surface area (Å²) in [6.45, 7) is 5.22. The van der Waals surface area contributed by atoms with Crippen LogP contribution in [0.5, 0.6) is 5.75 Å².